The molecule has 0 aliphatic carbocycles. The highest BCUT2D eigenvalue weighted by atomic mass is 16.1. The molecule has 1 amide bonds. The summed E-state index contributed by atoms with van der Waals surface area (Å²) in [6.07, 6.45) is 0. The maximum Gasteiger partial charge on any atom is 0.223 e. The second-order valence-corrected chi connectivity index (χ2v) is 4.93. The predicted molar refractivity (Wildman–Crippen MR) is 71.4 cm³/mol. The van der Waals surface area contributed by atoms with Crippen LogP contribution in [0.3, 0.4) is 0 Å². The first kappa shape index (κ1) is 13.6. The Hall–Kier alpha value is -1.51. The van der Waals surface area contributed by atoms with Crippen LogP contribution in [0.1, 0.15) is 39.3 Å². The molecule has 1 aromatic carbocycles. The Morgan fingerprint density at radius 1 is 1.24 bits per heavy atom. The molecule has 0 aliphatic rings. The Kier molecular flexibility index (Phi) is 4.55. The molecule has 0 spiro atoms. The van der Waals surface area contributed by atoms with Gasteiger partial charge in [0.15, 0.2) is 0 Å². The van der Waals surface area contributed by atoms with Gasteiger partial charge in [0, 0.05) is 11.6 Å². The van der Waals surface area contributed by atoms with Gasteiger partial charge in [-0.2, -0.15) is 0 Å². The van der Waals surface area contributed by atoms with Crippen molar-refractivity contribution in [1.29, 1.82) is 0 Å². The van der Waals surface area contributed by atoms with Gasteiger partial charge in [-0.3, -0.25) is 4.79 Å². The third kappa shape index (κ3) is 3.77. The predicted octanol–water partition coefficient (Wildman–Crippen LogP) is 2.74. The molecule has 0 heterocycles. The second kappa shape index (κ2) is 5.71. The Morgan fingerprint density at radius 2 is 1.88 bits per heavy atom. The highest BCUT2D eigenvalue weighted by Gasteiger charge is 2.18. The van der Waals surface area contributed by atoms with Crippen molar-refractivity contribution in [3.05, 3.63) is 29.8 Å². The molecule has 0 radical (unpaired) electrons. The largest absolute Gasteiger partial charge is 0.399 e. The van der Waals surface area contributed by atoms with Crippen molar-refractivity contribution >= 4 is 11.6 Å². The van der Waals surface area contributed by atoms with Crippen molar-refractivity contribution in [3.8, 4) is 0 Å². The van der Waals surface area contributed by atoms with E-state index in [4.69, 9.17) is 5.73 Å². The lowest BCUT2D eigenvalue weighted by molar-refractivity contribution is -0.126. The third-order valence-corrected chi connectivity index (χ3v) is 3.18. The van der Waals surface area contributed by atoms with Crippen LogP contribution in [0.5, 0.6) is 0 Å². The molecule has 0 saturated heterocycles. The van der Waals surface area contributed by atoms with Crippen LogP contribution in [-0.4, -0.2) is 5.91 Å². The number of anilines is 1. The Balaban J connectivity index is 2.66. The fourth-order valence-corrected chi connectivity index (χ4v) is 1.56. The number of carbonyl (C=O) groups excluding carboxylic acids is 1. The van der Waals surface area contributed by atoms with Gasteiger partial charge in [0.2, 0.25) is 5.91 Å². The van der Waals surface area contributed by atoms with E-state index >= 15 is 0 Å². The summed E-state index contributed by atoms with van der Waals surface area (Å²) in [5.74, 6) is 0.469. The van der Waals surface area contributed by atoms with Crippen molar-refractivity contribution in [2.75, 3.05) is 5.73 Å². The molecule has 0 aliphatic heterocycles. The summed E-state index contributed by atoms with van der Waals surface area (Å²) in [7, 11) is 0. The first-order valence-corrected chi connectivity index (χ1v) is 6.07. The molecule has 0 saturated carbocycles. The summed E-state index contributed by atoms with van der Waals surface area (Å²) in [6.45, 7) is 8.02. The minimum Gasteiger partial charge on any atom is -0.399 e. The van der Waals surface area contributed by atoms with Gasteiger partial charge in [0.25, 0.3) is 0 Å². The third-order valence-electron chi connectivity index (χ3n) is 3.18. The Bertz CT molecular complexity index is 388. The van der Waals surface area contributed by atoms with Gasteiger partial charge in [0.05, 0.1) is 6.04 Å². The highest BCUT2D eigenvalue weighted by molar-refractivity contribution is 5.79. The van der Waals surface area contributed by atoms with Gasteiger partial charge in [-0.15, -0.1) is 0 Å². The van der Waals surface area contributed by atoms with Gasteiger partial charge in [-0.25, -0.2) is 0 Å². The van der Waals surface area contributed by atoms with Crippen molar-refractivity contribution in [2.24, 2.45) is 11.8 Å². The van der Waals surface area contributed by atoms with E-state index in [0.717, 1.165) is 11.3 Å². The van der Waals surface area contributed by atoms with Crippen LogP contribution < -0.4 is 11.1 Å². The van der Waals surface area contributed by atoms with E-state index in [-0.39, 0.29) is 17.9 Å². The number of hydrogen-bond donors (Lipinski definition) is 2. The van der Waals surface area contributed by atoms with Crippen molar-refractivity contribution < 1.29 is 4.79 Å². The highest BCUT2D eigenvalue weighted by Crippen LogP contribution is 2.17. The molecule has 2 atom stereocenters. The molecule has 2 unspecified atom stereocenters. The quantitative estimate of drug-likeness (QED) is 0.787. The summed E-state index contributed by atoms with van der Waals surface area (Å²) in [5, 5.41) is 3.01. The average molecular weight is 234 g/mol. The number of nitrogens with one attached hydrogen (secondary N) is 1. The minimum atomic E-state index is -0.00722. The first-order chi connectivity index (χ1) is 7.91. The fraction of sp³-hybridized carbons (Fsp3) is 0.500. The zero-order valence-electron chi connectivity index (χ0n) is 11.0. The summed E-state index contributed by atoms with van der Waals surface area (Å²) in [5.41, 5.74) is 7.48. The van der Waals surface area contributed by atoms with Crippen LogP contribution in [0.2, 0.25) is 0 Å². The van der Waals surface area contributed by atoms with Crippen LogP contribution in [0.4, 0.5) is 5.69 Å². The standard InChI is InChI=1S/C14H22N2O/c1-9(2)10(3)14(17)16-11(4)12-6-5-7-13(15)8-12/h5-11H,15H2,1-4H3,(H,16,17). The van der Waals surface area contributed by atoms with Crippen LogP contribution in [0.25, 0.3) is 0 Å². The lowest BCUT2D eigenvalue weighted by atomic mass is 9.96. The number of hydrogen-bond acceptors (Lipinski definition) is 2. The van der Waals surface area contributed by atoms with E-state index in [9.17, 15) is 4.79 Å². The van der Waals surface area contributed by atoms with Gasteiger partial charge in [0.1, 0.15) is 0 Å². The summed E-state index contributed by atoms with van der Waals surface area (Å²) in [4.78, 5) is 11.9. The van der Waals surface area contributed by atoms with E-state index < -0.39 is 0 Å². The molecule has 94 valence electrons. The van der Waals surface area contributed by atoms with Gasteiger partial charge < -0.3 is 11.1 Å². The molecule has 3 N–H and O–H groups in total. The summed E-state index contributed by atoms with van der Waals surface area (Å²) >= 11 is 0. The normalized spacial score (nSPS) is 14.4. The molecule has 3 heteroatoms. The number of amides is 1. The molecular weight excluding hydrogens is 212 g/mol. The number of nitrogens with two attached hydrogens (primary N) is 1. The van der Waals surface area contributed by atoms with E-state index in [1.54, 1.807) is 0 Å². The summed E-state index contributed by atoms with van der Waals surface area (Å²) in [6, 6.07) is 7.60. The monoisotopic (exact) mass is 234 g/mol. The number of rotatable bonds is 4. The Labute approximate surface area is 103 Å². The lowest BCUT2D eigenvalue weighted by Gasteiger charge is -2.20. The molecule has 1 rings (SSSR count). The van der Waals surface area contributed by atoms with Crippen LogP contribution in [0.15, 0.2) is 24.3 Å². The van der Waals surface area contributed by atoms with Gasteiger partial charge >= 0.3 is 0 Å². The van der Waals surface area contributed by atoms with Crippen LogP contribution >= 0.6 is 0 Å². The smallest absolute Gasteiger partial charge is 0.223 e. The maximum atomic E-state index is 11.9. The molecule has 1 aromatic rings. The first-order valence-electron chi connectivity index (χ1n) is 6.07. The average Bonchev–Trinajstić information content (AvgIpc) is 2.27. The lowest BCUT2D eigenvalue weighted by Crippen LogP contribution is -2.33. The van der Waals surface area contributed by atoms with Crippen LogP contribution in [0, 0.1) is 11.8 Å². The van der Waals surface area contributed by atoms with Crippen molar-refractivity contribution in [3.63, 3.8) is 0 Å². The van der Waals surface area contributed by atoms with Crippen molar-refractivity contribution in [1.82, 2.24) is 5.32 Å². The van der Waals surface area contributed by atoms with E-state index in [0.29, 0.717) is 5.92 Å². The molecule has 0 fully saturated rings. The zero-order chi connectivity index (χ0) is 13.0. The molecule has 17 heavy (non-hydrogen) atoms. The van der Waals surface area contributed by atoms with Crippen molar-refractivity contribution in [2.45, 2.75) is 33.7 Å². The van der Waals surface area contributed by atoms with E-state index in [1.165, 1.54) is 0 Å². The second-order valence-electron chi connectivity index (χ2n) is 4.93. The molecule has 3 nitrogen and oxygen atoms in total. The van der Waals surface area contributed by atoms with E-state index in [1.807, 2.05) is 38.1 Å². The molecule has 0 bridgehead atoms. The minimum absolute atomic E-state index is 0.00722. The number of nitrogen functional groups attached to an aromatic ring is 1. The topological polar surface area (TPSA) is 55.1 Å². The maximum absolute atomic E-state index is 11.9. The fourth-order valence-electron chi connectivity index (χ4n) is 1.56. The SMILES string of the molecule is CC(NC(=O)C(C)C(C)C)c1cccc(N)c1. The Morgan fingerprint density at radius 3 is 2.41 bits per heavy atom. The van der Waals surface area contributed by atoms with Gasteiger partial charge in [-0.1, -0.05) is 32.9 Å². The number of benzene rings is 1. The van der Waals surface area contributed by atoms with Crippen LogP contribution in [-0.2, 0) is 4.79 Å². The number of carbonyl (C=O) groups is 1. The molecular formula is C14H22N2O. The van der Waals surface area contributed by atoms with E-state index in [2.05, 4.69) is 19.2 Å². The summed E-state index contributed by atoms with van der Waals surface area (Å²) < 4.78 is 0. The van der Waals surface area contributed by atoms with Gasteiger partial charge in [-0.05, 0) is 30.5 Å². The zero-order valence-corrected chi connectivity index (χ0v) is 11.0. The molecule has 0 aromatic heterocycles.